The minimum atomic E-state index is -0.796. The van der Waals surface area contributed by atoms with Crippen LogP contribution in [0, 0.1) is 17.6 Å². The predicted molar refractivity (Wildman–Crippen MR) is 123 cm³/mol. The molecule has 2 fully saturated rings. The van der Waals surface area contributed by atoms with E-state index >= 15 is 8.78 Å². The number of halogens is 2. The number of rotatable bonds is 4. The quantitative estimate of drug-likeness (QED) is 0.639. The molecule has 0 bridgehead atoms. The van der Waals surface area contributed by atoms with Crippen LogP contribution in [0.4, 0.5) is 20.3 Å². The number of aromatic nitrogens is 2. The molecule has 1 unspecified atom stereocenters. The van der Waals surface area contributed by atoms with E-state index in [-0.39, 0.29) is 24.6 Å². The number of hydrogen-bond acceptors (Lipinski definition) is 5. The number of fused-ring (bicyclic) bond motifs is 1. The number of aliphatic hydroxyl groups is 1. The molecule has 5 rings (SSSR count). The summed E-state index contributed by atoms with van der Waals surface area (Å²) in [5, 5.41) is 10.1. The molecule has 2 aliphatic heterocycles. The molecule has 172 valence electrons. The molecule has 0 spiro atoms. The zero-order valence-electron chi connectivity index (χ0n) is 18.5. The standard InChI is InChI=1S/C25H26F2N4O2/c1-2-15-7-9-30(10-8-15)25-23-19(26)5-4-18(24(23)28-14-29-25)16-3-6-21(20(27)11-16)31-13-17(32)12-22(31)33/h3-6,11,14-15,17,32H,2,7-10,12-13H2,1H3. The maximum absolute atomic E-state index is 15.0. The van der Waals surface area contributed by atoms with Crippen LogP contribution >= 0.6 is 0 Å². The lowest BCUT2D eigenvalue weighted by molar-refractivity contribution is -0.117. The molecule has 33 heavy (non-hydrogen) atoms. The molecule has 8 heteroatoms. The topological polar surface area (TPSA) is 69.6 Å². The molecule has 6 nitrogen and oxygen atoms in total. The van der Waals surface area contributed by atoms with Crippen molar-refractivity contribution in [1.29, 1.82) is 0 Å². The Kier molecular flexibility index (Phi) is 5.70. The Bertz CT molecular complexity index is 1210. The fourth-order valence-corrected chi connectivity index (χ4v) is 4.96. The number of hydrogen-bond donors (Lipinski definition) is 1. The summed E-state index contributed by atoms with van der Waals surface area (Å²) >= 11 is 0. The van der Waals surface area contributed by atoms with Crippen LogP contribution in [0.3, 0.4) is 0 Å². The highest BCUT2D eigenvalue weighted by Gasteiger charge is 2.31. The third kappa shape index (κ3) is 3.93. The van der Waals surface area contributed by atoms with Crippen LogP contribution in [0.2, 0.25) is 0 Å². The second-order valence-electron chi connectivity index (χ2n) is 8.88. The molecule has 1 atom stereocenters. The molecule has 0 radical (unpaired) electrons. The van der Waals surface area contributed by atoms with Crippen LogP contribution < -0.4 is 9.80 Å². The summed E-state index contributed by atoms with van der Waals surface area (Å²) in [5.74, 6) is -0.0489. The van der Waals surface area contributed by atoms with Gasteiger partial charge in [0.15, 0.2) is 0 Å². The van der Waals surface area contributed by atoms with Crippen molar-refractivity contribution in [2.45, 2.75) is 38.7 Å². The Morgan fingerprint density at radius 1 is 1.09 bits per heavy atom. The van der Waals surface area contributed by atoms with Gasteiger partial charge >= 0.3 is 0 Å². The molecular weight excluding hydrogens is 426 g/mol. The Balaban J connectivity index is 1.54. The number of aliphatic hydroxyl groups excluding tert-OH is 1. The van der Waals surface area contributed by atoms with Crippen molar-refractivity contribution in [1.82, 2.24) is 9.97 Å². The van der Waals surface area contributed by atoms with E-state index in [4.69, 9.17) is 0 Å². The molecular formula is C25H26F2N4O2. The first-order valence-corrected chi connectivity index (χ1v) is 11.4. The monoisotopic (exact) mass is 452 g/mol. The zero-order valence-corrected chi connectivity index (χ0v) is 18.5. The van der Waals surface area contributed by atoms with Gasteiger partial charge in [0.25, 0.3) is 0 Å². The average molecular weight is 453 g/mol. The highest BCUT2D eigenvalue weighted by Crippen LogP contribution is 2.36. The van der Waals surface area contributed by atoms with Gasteiger partial charge in [-0.1, -0.05) is 19.4 Å². The molecule has 0 saturated carbocycles. The van der Waals surface area contributed by atoms with Crippen molar-refractivity contribution in [2.24, 2.45) is 5.92 Å². The summed E-state index contributed by atoms with van der Waals surface area (Å²) in [6.45, 7) is 3.89. The van der Waals surface area contributed by atoms with Gasteiger partial charge in [-0.05, 0) is 48.6 Å². The van der Waals surface area contributed by atoms with Gasteiger partial charge < -0.3 is 14.9 Å². The van der Waals surface area contributed by atoms with Gasteiger partial charge in [-0.25, -0.2) is 18.7 Å². The van der Waals surface area contributed by atoms with Crippen molar-refractivity contribution in [3.8, 4) is 11.1 Å². The van der Waals surface area contributed by atoms with Gasteiger partial charge in [0.1, 0.15) is 23.8 Å². The van der Waals surface area contributed by atoms with Crippen molar-refractivity contribution >= 4 is 28.3 Å². The van der Waals surface area contributed by atoms with Crippen molar-refractivity contribution in [3.63, 3.8) is 0 Å². The van der Waals surface area contributed by atoms with Crippen LogP contribution in [0.15, 0.2) is 36.7 Å². The lowest BCUT2D eigenvalue weighted by atomic mass is 9.94. The minimum absolute atomic E-state index is 0.0149. The van der Waals surface area contributed by atoms with Gasteiger partial charge in [0, 0.05) is 18.7 Å². The summed E-state index contributed by atoms with van der Waals surface area (Å²) < 4.78 is 30.0. The number of carbonyl (C=O) groups is 1. The Hall–Kier alpha value is -3.13. The first-order valence-electron chi connectivity index (χ1n) is 11.4. The van der Waals surface area contributed by atoms with E-state index < -0.39 is 17.7 Å². The second-order valence-corrected chi connectivity index (χ2v) is 8.88. The fourth-order valence-electron chi connectivity index (χ4n) is 4.96. The molecule has 1 amide bonds. The van der Waals surface area contributed by atoms with E-state index in [0.717, 1.165) is 32.4 Å². The van der Waals surface area contributed by atoms with Crippen molar-refractivity contribution < 1.29 is 18.7 Å². The number of anilines is 2. The molecule has 3 aromatic rings. The van der Waals surface area contributed by atoms with Gasteiger partial charge in [-0.3, -0.25) is 4.79 Å². The molecule has 1 N–H and O–H groups in total. The molecule has 2 aliphatic rings. The molecule has 2 saturated heterocycles. The average Bonchev–Trinajstić information content (AvgIpc) is 3.16. The fraction of sp³-hybridized carbons (Fsp3) is 0.400. The Morgan fingerprint density at radius 2 is 1.88 bits per heavy atom. The van der Waals surface area contributed by atoms with Gasteiger partial charge in [-0.15, -0.1) is 0 Å². The lowest BCUT2D eigenvalue weighted by Gasteiger charge is -2.33. The smallest absolute Gasteiger partial charge is 0.229 e. The molecule has 2 aromatic carbocycles. The van der Waals surface area contributed by atoms with E-state index in [1.165, 1.54) is 29.4 Å². The first kappa shape index (κ1) is 21.7. The third-order valence-electron chi connectivity index (χ3n) is 6.86. The number of benzene rings is 2. The van der Waals surface area contributed by atoms with E-state index in [2.05, 4.69) is 21.8 Å². The number of amides is 1. The summed E-state index contributed by atoms with van der Waals surface area (Å²) in [7, 11) is 0. The summed E-state index contributed by atoms with van der Waals surface area (Å²) in [4.78, 5) is 24.2. The van der Waals surface area contributed by atoms with E-state index in [9.17, 15) is 9.90 Å². The lowest BCUT2D eigenvalue weighted by Crippen LogP contribution is -2.34. The predicted octanol–water partition coefficient (Wildman–Crippen LogP) is 4.30. The van der Waals surface area contributed by atoms with Gasteiger partial charge in [0.2, 0.25) is 5.91 Å². The van der Waals surface area contributed by atoms with Crippen LogP contribution in [0.25, 0.3) is 22.0 Å². The molecule has 1 aromatic heterocycles. The van der Waals surface area contributed by atoms with Crippen LogP contribution in [0.1, 0.15) is 32.6 Å². The van der Waals surface area contributed by atoms with E-state index in [1.807, 2.05) is 0 Å². The largest absolute Gasteiger partial charge is 0.391 e. The number of β-amino-alcohol motifs (C(OH)–C–C–N with tert-alkyl or cyclic N) is 1. The highest BCUT2D eigenvalue weighted by molar-refractivity contribution is 6.00. The first-order chi connectivity index (χ1) is 16.0. The van der Waals surface area contributed by atoms with Crippen molar-refractivity contribution in [3.05, 3.63) is 48.3 Å². The van der Waals surface area contributed by atoms with Crippen LogP contribution in [0.5, 0.6) is 0 Å². The summed E-state index contributed by atoms with van der Waals surface area (Å²) in [6.07, 6.45) is 3.84. The van der Waals surface area contributed by atoms with Crippen molar-refractivity contribution in [2.75, 3.05) is 29.4 Å². The summed E-state index contributed by atoms with van der Waals surface area (Å²) in [5.41, 5.74) is 1.68. The number of piperidine rings is 1. The Labute approximate surface area is 190 Å². The van der Waals surface area contributed by atoms with Crippen LogP contribution in [-0.2, 0) is 4.79 Å². The van der Waals surface area contributed by atoms with Gasteiger partial charge in [0.05, 0.1) is 35.7 Å². The normalized spacial score (nSPS) is 19.6. The number of nitrogens with zero attached hydrogens (tertiary/aromatic N) is 4. The molecule has 0 aliphatic carbocycles. The van der Waals surface area contributed by atoms with E-state index in [1.54, 1.807) is 12.1 Å². The molecule has 3 heterocycles. The highest BCUT2D eigenvalue weighted by atomic mass is 19.1. The second kappa shape index (κ2) is 8.67. The zero-order chi connectivity index (χ0) is 23.1. The Morgan fingerprint density at radius 3 is 2.55 bits per heavy atom. The van der Waals surface area contributed by atoms with Crippen LogP contribution in [-0.4, -0.2) is 46.7 Å². The third-order valence-corrected chi connectivity index (χ3v) is 6.86. The maximum atomic E-state index is 15.0. The van der Waals surface area contributed by atoms with Gasteiger partial charge in [-0.2, -0.15) is 0 Å². The minimum Gasteiger partial charge on any atom is -0.391 e. The summed E-state index contributed by atoms with van der Waals surface area (Å²) in [6, 6.07) is 7.51. The maximum Gasteiger partial charge on any atom is 0.229 e. The SMILES string of the molecule is CCC1CCN(c2ncnc3c(-c4ccc(N5CC(O)CC5=O)c(F)c4)ccc(F)c23)CC1. The van der Waals surface area contributed by atoms with E-state index in [0.29, 0.717) is 33.8 Å². The number of carbonyl (C=O) groups excluding carboxylic acids is 1.